The molecule has 0 spiro atoms. The lowest BCUT2D eigenvalue weighted by atomic mass is 9.67. The predicted molar refractivity (Wildman–Crippen MR) is 118 cm³/mol. The topological polar surface area (TPSA) is 63.7 Å². The summed E-state index contributed by atoms with van der Waals surface area (Å²) in [5, 5.41) is 0. The molecule has 2 aliphatic rings. The number of Topliss-reactive ketones (excluding diaryl/α,β-unsaturated/α-hetero) is 1. The van der Waals surface area contributed by atoms with Crippen LogP contribution in [0.3, 0.4) is 0 Å². The summed E-state index contributed by atoms with van der Waals surface area (Å²) in [6.45, 7) is 2.10. The number of nitrogens with zero attached hydrogens (tertiary/aromatic N) is 1. The van der Waals surface area contributed by atoms with Crippen LogP contribution in [0.4, 0.5) is 5.69 Å². The normalized spacial score (nSPS) is 22.6. The lowest BCUT2D eigenvalue weighted by molar-refractivity contribution is -0.156. The minimum atomic E-state index is -0.346. The molecule has 0 aromatic heterocycles. The van der Waals surface area contributed by atoms with Crippen molar-refractivity contribution in [3.05, 3.63) is 65.7 Å². The highest BCUT2D eigenvalue weighted by Gasteiger charge is 2.42. The number of esters is 1. The van der Waals surface area contributed by atoms with Crippen molar-refractivity contribution in [2.24, 2.45) is 17.8 Å². The molecule has 4 rings (SSSR count). The van der Waals surface area contributed by atoms with E-state index < -0.39 is 0 Å². The van der Waals surface area contributed by atoms with Crippen LogP contribution in [0.15, 0.2) is 54.6 Å². The van der Waals surface area contributed by atoms with E-state index in [1.807, 2.05) is 61.5 Å². The first kappa shape index (κ1) is 21.3. The third-order valence-corrected chi connectivity index (χ3v) is 6.52. The summed E-state index contributed by atoms with van der Waals surface area (Å²) in [7, 11) is 0. The van der Waals surface area contributed by atoms with Crippen LogP contribution in [0.1, 0.15) is 43.2 Å². The first-order valence-electron chi connectivity index (χ1n) is 11.1. The number of aryl methyl sites for hydroxylation is 1. The number of rotatable bonds is 6. The van der Waals surface area contributed by atoms with Crippen molar-refractivity contribution in [3.63, 3.8) is 0 Å². The van der Waals surface area contributed by atoms with Crippen molar-refractivity contribution in [1.82, 2.24) is 0 Å². The third kappa shape index (κ3) is 5.04. The average molecular weight is 420 g/mol. The van der Waals surface area contributed by atoms with Gasteiger partial charge in [-0.25, -0.2) is 0 Å². The van der Waals surface area contributed by atoms with Gasteiger partial charge in [-0.15, -0.1) is 0 Å². The SMILES string of the molecule is Cc1cccc(N(Cc2ccccc2)C(=O)COC(=O)C2C[C@H]3CCC[C@@H](C2)C3=O)c1. The van der Waals surface area contributed by atoms with E-state index in [0.29, 0.717) is 25.2 Å². The van der Waals surface area contributed by atoms with Crippen LogP contribution in [0.2, 0.25) is 0 Å². The number of fused-ring (bicyclic) bond motifs is 2. The number of ether oxygens (including phenoxy) is 1. The van der Waals surface area contributed by atoms with Crippen molar-refractivity contribution in [1.29, 1.82) is 0 Å². The zero-order valence-electron chi connectivity index (χ0n) is 18.0. The molecule has 31 heavy (non-hydrogen) atoms. The Morgan fingerprint density at radius 3 is 2.39 bits per heavy atom. The lowest BCUT2D eigenvalue weighted by Gasteiger charge is -2.36. The van der Waals surface area contributed by atoms with Crippen molar-refractivity contribution in [2.45, 2.75) is 45.6 Å². The Morgan fingerprint density at radius 1 is 1.00 bits per heavy atom. The van der Waals surface area contributed by atoms with E-state index in [9.17, 15) is 14.4 Å². The number of benzene rings is 2. The van der Waals surface area contributed by atoms with E-state index in [0.717, 1.165) is 36.1 Å². The number of anilines is 1. The molecule has 0 saturated heterocycles. The van der Waals surface area contributed by atoms with Crippen LogP contribution in [0.25, 0.3) is 0 Å². The molecule has 2 saturated carbocycles. The van der Waals surface area contributed by atoms with Gasteiger partial charge in [0, 0.05) is 17.5 Å². The second kappa shape index (κ2) is 9.46. The Balaban J connectivity index is 1.42. The first-order chi connectivity index (χ1) is 15.0. The van der Waals surface area contributed by atoms with Crippen molar-refractivity contribution < 1.29 is 19.1 Å². The number of carbonyl (C=O) groups excluding carboxylic acids is 3. The van der Waals surface area contributed by atoms with Crippen LogP contribution in [0.5, 0.6) is 0 Å². The highest BCUT2D eigenvalue weighted by Crippen LogP contribution is 2.40. The Labute approximate surface area is 183 Å². The zero-order valence-corrected chi connectivity index (χ0v) is 18.0. The van der Waals surface area contributed by atoms with Gasteiger partial charge in [0.2, 0.25) is 0 Å². The van der Waals surface area contributed by atoms with Crippen LogP contribution in [-0.2, 0) is 25.7 Å². The molecule has 1 unspecified atom stereocenters. The molecule has 5 nitrogen and oxygen atoms in total. The van der Waals surface area contributed by atoms with E-state index in [1.165, 1.54) is 0 Å². The van der Waals surface area contributed by atoms with Gasteiger partial charge in [0.05, 0.1) is 12.5 Å². The molecule has 2 fully saturated rings. The summed E-state index contributed by atoms with van der Waals surface area (Å²) >= 11 is 0. The number of ketones is 1. The van der Waals surface area contributed by atoms with E-state index in [2.05, 4.69) is 0 Å². The van der Waals surface area contributed by atoms with Crippen LogP contribution < -0.4 is 4.90 Å². The molecule has 3 atom stereocenters. The maximum Gasteiger partial charge on any atom is 0.309 e. The van der Waals surface area contributed by atoms with Gasteiger partial charge in [-0.3, -0.25) is 14.4 Å². The molecular weight excluding hydrogens is 390 g/mol. The summed E-state index contributed by atoms with van der Waals surface area (Å²) in [5.74, 6) is -0.580. The van der Waals surface area contributed by atoms with Gasteiger partial charge in [0.1, 0.15) is 5.78 Å². The predicted octanol–water partition coefficient (Wildman–Crippen LogP) is 4.47. The Morgan fingerprint density at radius 2 is 1.71 bits per heavy atom. The van der Waals surface area contributed by atoms with Crippen LogP contribution in [-0.4, -0.2) is 24.3 Å². The summed E-state index contributed by atoms with van der Waals surface area (Å²) in [4.78, 5) is 39.7. The molecule has 2 aromatic rings. The number of hydrogen-bond donors (Lipinski definition) is 0. The van der Waals surface area contributed by atoms with E-state index in [4.69, 9.17) is 4.74 Å². The highest BCUT2D eigenvalue weighted by atomic mass is 16.5. The second-order valence-electron chi connectivity index (χ2n) is 8.81. The maximum absolute atomic E-state index is 13.1. The smallest absolute Gasteiger partial charge is 0.309 e. The summed E-state index contributed by atoms with van der Waals surface area (Å²) in [5.41, 5.74) is 2.84. The van der Waals surface area contributed by atoms with Gasteiger partial charge >= 0.3 is 5.97 Å². The third-order valence-electron chi connectivity index (χ3n) is 6.52. The minimum absolute atomic E-state index is 0.0115. The standard InChI is InChI=1S/C26H29NO4/c1-18-7-5-12-23(13-18)27(16-19-8-3-2-4-9-19)24(28)17-31-26(30)22-14-20-10-6-11-21(15-22)25(20)29/h2-5,7-9,12-13,20-22H,6,10-11,14-17H2,1H3/t20-,21+,22?. The minimum Gasteiger partial charge on any atom is -0.455 e. The van der Waals surface area contributed by atoms with Gasteiger partial charge in [-0.05, 0) is 55.9 Å². The molecule has 5 heteroatoms. The first-order valence-corrected chi connectivity index (χ1v) is 11.1. The van der Waals surface area contributed by atoms with Gasteiger partial charge in [-0.2, -0.15) is 0 Å². The lowest BCUT2D eigenvalue weighted by Crippen LogP contribution is -2.40. The molecule has 2 aliphatic carbocycles. The Bertz CT molecular complexity index is 939. The maximum atomic E-state index is 13.1. The second-order valence-corrected chi connectivity index (χ2v) is 8.81. The largest absolute Gasteiger partial charge is 0.455 e. The fraction of sp³-hybridized carbons (Fsp3) is 0.423. The Hall–Kier alpha value is -2.95. The average Bonchev–Trinajstić information content (AvgIpc) is 2.76. The van der Waals surface area contributed by atoms with Gasteiger partial charge in [0.15, 0.2) is 6.61 Å². The summed E-state index contributed by atoms with van der Waals surface area (Å²) in [6.07, 6.45) is 3.93. The fourth-order valence-electron chi connectivity index (χ4n) is 4.89. The Kier molecular flexibility index (Phi) is 6.50. The van der Waals surface area contributed by atoms with Gasteiger partial charge in [0.25, 0.3) is 5.91 Å². The summed E-state index contributed by atoms with van der Waals surface area (Å²) in [6, 6.07) is 17.5. The molecule has 2 aromatic carbocycles. The van der Waals surface area contributed by atoms with E-state index in [1.54, 1.807) is 4.90 Å². The van der Waals surface area contributed by atoms with Crippen molar-refractivity contribution in [3.8, 4) is 0 Å². The van der Waals surface area contributed by atoms with Crippen molar-refractivity contribution in [2.75, 3.05) is 11.5 Å². The summed E-state index contributed by atoms with van der Waals surface area (Å²) < 4.78 is 5.47. The van der Waals surface area contributed by atoms with Gasteiger partial charge in [-0.1, -0.05) is 48.9 Å². The van der Waals surface area contributed by atoms with Crippen molar-refractivity contribution >= 4 is 23.3 Å². The fourth-order valence-corrected chi connectivity index (χ4v) is 4.89. The molecule has 162 valence electrons. The highest BCUT2D eigenvalue weighted by molar-refractivity contribution is 5.95. The van der Waals surface area contributed by atoms with E-state index in [-0.39, 0.29) is 36.2 Å². The number of amides is 1. The number of hydrogen-bond acceptors (Lipinski definition) is 4. The zero-order chi connectivity index (χ0) is 21.8. The van der Waals surface area contributed by atoms with E-state index >= 15 is 0 Å². The molecule has 0 aliphatic heterocycles. The number of carbonyl (C=O) groups is 3. The molecule has 2 bridgehead atoms. The quantitative estimate of drug-likeness (QED) is 0.648. The molecular formula is C26H29NO4. The molecule has 0 radical (unpaired) electrons. The molecule has 0 N–H and O–H groups in total. The van der Waals surface area contributed by atoms with Gasteiger partial charge < -0.3 is 9.64 Å². The van der Waals surface area contributed by atoms with Crippen LogP contribution in [0, 0.1) is 24.7 Å². The molecule has 0 heterocycles. The van der Waals surface area contributed by atoms with Crippen LogP contribution >= 0.6 is 0 Å². The monoisotopic (exact) mass is 419 g/mol. The molecule has 1 amide bonds.